The number of hydrogen-bond donors (Lipinski definition) is 0. The monoisotopic (exact) mass is 320 g/mol. The van der Waals surface area contributed by atoms with Gasteiger partial charge in [0.25, 0.3) is 0 Å². The molecule has 1 nitrogen and oxygen atoms in total. The molecule has 0 heterocycles. The topological polar surface area (TPSA) is 17.1 Å². The van der Waals surface area contributed by atoms with Crippen LogP contribution in [0.2, 0.25) is 0 Å². The van der Waals surface area contributed by atoms with Crippen LogP contribution in [0, 0.1) is 11.3 Å². The summed E-state index contributed by atoms with van der Waals surface area (Å²) in [5.74, 6) is 0.548. The van der Waals surface area contributed by atoms with Crippen LogP contribution in [0.3, 0.4) is 0 Å². The van der Waals surface area contributed by atoms with E-state index in [0.717, 1.165) is 36.6 Å². The van der Waals surface area contributed by atoms with E-state index in [1.165, 1.54) is 5.56 Å². The number of halogens is 1. The molecule has 0 radical (unpaired) electrons. The minimum atomic E-state index is -0.0173. The van der Waals surface area contributed by atoms with Crippen molar-refractivity contribution in [1.29, 1.82) is 0 Å². The number of benzene rings is 1. The van der Waals surface area contributed by atoms with Crippen LogP contribution in [-0.4, -0.2) is 5.78 Å². The minimum Gasteiger partial charge on any atom is -0.299 e. The molecule has 0 saturated heterocycles. The molecule has 1 aromatic rings. The summed E-state index contributed by atoms with van der Waals surface area (Å²) in [4.78, 5) is 12.2. The molecule has 102 valence electrons. The SMILES string of the molecule is C=C[C@@]1(C)CCCC(=O)[C@H]1CCc1ccccc1Br. The second-order valence-corrected chi connectivity index (χ2v) is 6.57. The highest BCUT2D eigenvalue weighted by Crippen LogP contribution is 2.42. The van der Waals surface area contributed by atoms with E-state index in [1.54, 1.807) is 0 Å². The van der Waals surface area contributed by atoms with E-state index >= 15 is 0 Å². The molecule has 2 rings (SSSR count). The Bertz CT molecular complexity index is 480. The second-order valence-electron chi connectivity index (χ2n) is 5.71. The number of carbonyl (C=O) groups is 1. The lowest BCUT2D eigenvalue weighted by Gasteiger charge is -2.38. The van der Waals surface area contributed by atoms with E-state index in [9.17, 15) is 4.79 Å². The second kappa shape index (κ2) is 6.04. The summed E-state index contributed by atoms with van der Waals surface area (Å²) in [5, 5.41) is 0. The van der Waals surface area contributed by atoms with Gasteiger partial charge in [-0.3, -0.25) is 4.79 Å². The Kier molecular flexibility index (Phi) is 4.62. The first kappa shape index (κ1) is 14.5. The molecule has 1 aliphatic rings. The summed E-state index contributed by atoms with van der Waals surface area (Å²) < 4.78 is 1.14. The van der Waals surface area contributed by atoms with Gasteiger partial charge in [0.1, 0.15) is 5.78 Å². The average Bonchev–Trinajstić information content (AvgIpc) is 2.40. The van der Waals surface area contributed by atoms with Crippen LogP contribution in [0.25, 0.3) is 0 Å². The Hall–Kier alpha value is -0.890. The first-order valence-electron chi connectivity index (χ1n) is 6.96. The summed E-state index contributed by atoms with van der Waals surface area (Å²) in [6, 6.07) is 8.26. The number of allylic oxidation sites excluding steroid dienone is 1. The Morgan fingerprint density at radius 2 is 2.21 bits per heavy atom. The van der Waals surface area contributed by atoms with E-state index in [-0.39, 0.29) is 11.3 Å². The smallest absolute Gasteiger partial charge is 0.136 e. The molecule has 0 N–H and O–H groups in total. The van der Waals surface area contributed by atoms with Gasteiger partial charge in [-0.25, -0.2) is 0 Å². The van der Waals surface area contributed by atoms with E-state index in [0.29, 0.717) is 5.78 Å². The molecular weight excluding hydrogens is 300 g/mol. The third-order valence-corrected chi connectivity index (χ3v) is 5.22. The molecule has 0 aliphatic heterocycles. The maximum Gasteiger partial charge on any atom is 0.136 e. The minimum absolute atomic E-state index is 0.0173. The summed E-state index contributed by atoms with van der Waals surface area (Å²) in [6.45, 7) is 6.13. The predicted octanol–water partition coefficient (Wildman–Crippen LogP) is 4.94. The fourth-order valence-electron chi connectivity index (χ4n) is 3.10. The zero-order valence-corrected chi connectivity index (χ0v) is 13.1. The molecule has 0 spiro atoms. The number of rotatable bonds is 4. The number of Topliss-reactive ketones (excluding diaryl/α,β-unsaturated/α-hetero) is 1. The number of ketones is 1. The Morgan fingerprint density at radius 3 is 2.89 bits per heavy atom. The van der Waals surface area contributed by atoms with Crippen LogP contribution in [-0.2, 0) is 11.2 Å². The molecule has 2 heteroatoms. The van der Waals surface area contributed by atoms with Gasteiger partial charge in [-0.05, 0) is 42.7 Å². The molecule has 1 aromatic carbocycles. The average molecular weight is 321 g/mol. The zero-order chi connectivity index (χ0) is 13.9. The number of aryl methyl sites for hydroxylation is 1. The third kappa shape index (κ3) is 3.17. The summed E-state index contributed by atoms with van der Waals surface area (Å²) in [5.41, 5.74) is 1.27. The van der Waals surface area contributed by atoms with Gasteiger partial charge >= 0.3 is 0 Å². The third-order valence-electron chi connectivity index (χ3n) is 4.45. The zero-order valence-electron chi connectivity index (χ0n) is 11.5. The van der Waals surface area contributed by atoms with E-state index in [4.69, 9.17) is 0 Å². The molecular formula is C17H21BrO. The highest BCUT2D eigenvalue weighted by molar-refractivity contribution is 9.10. The van der Waals surface area contributed by atoms with Crippen LogP contribution < -0.4 is 0 Å². The highest BCUT2D eigenvalue weighted by Gasteiger charge is 2.38. The van der Waals surface area contributed by atoms with E-state index < -0.39 is 0 Å². The molecule has 1 fully saturated rings. The lowest BCUT2D eigenvalue weighted by atomic mass is 9.65. The van der Waals surface area contributed by atoms with Gasteiger partial charge in [0, 0.05) is 16.8 Å². The van der Waals surface area contributed by atoms with Crippen molar-refractivity contribution in [2.45, 2.75) is 39.0 Å². The van der Waals surface area contributed by atoms with Crippen molar-refractivity contribution in [1.82, 2.24) is 0 Å². The van der Waals surface area contributed by atoms with Gasteiger partial charge in [-0.15, -0.1) is 6.58 Å². The fourth-order valence-corrected chi connectivity index (χ4v) is 3.58. The molecule has 0 unspecified atom stereocenters. The standard InChI is InChI=1S/C17H21BrO/c1-3-17(2)12-6-9-16(19)14(17)11-10-13-7-4-5-8-15(13)18/h3-5,7-8,14H,1,6,9-12H2,2H3/t14-,17+/m1/s1. The van der Waals surface area contributed by atoms with Gasteiger partial charge in [0.2, 0.25) is 0 Å². The quantitative estimate of drug-likeness (QED) is 0.718. The molecule has 2 atom stereocenters. The van der Waals surface area contributed by atoms with Crippen LogP contribution in [0.5, 0.6) is 0 Å². The van der Waals surface area contributed by atoms with Gasteiger partial charge in [0.15, 0.2) is 0 Å². The Morgan fingerprint density at radius 1 is 1.47 bits per heavy atom. The van der Waals surface area contributed by atoms with Crippen molar-refractivity contribution in [2.75, 3.05) is 0 Å². The van der Waals surface area contributed by atoms with E-state index in [2.05, 4.69) is 47.6 Å². The van der Waals surface area contributed by atoms with Crippen LogP contribution in [0.1, 0.15) is 38.2 Å². The molecule has 19 heavy (non-hydrogen) atoms. The number of carbonyl (C=O) groups excluding carboxylic acids is 1. The van der Waals surface area contributed by atoms with Crippen LogP contribution in [0.4, 0.5) is 0 Å². The first-order valence-corrected chi connectivity index (χ1v) is 7.76. The van der Waals surface area contributed by atoms with Crippen LogP contribution in [0.15, 0.2) is 41.4 Å². The van der Waals surface area contributed by atoms with Gasteiger partial charge in [0.05, 0.1) is 0 Å². The maximum atomic E-state index is 12.2. The first-order chi connectivity index (χ1) is 9.07. The predicted molar refractivity (Wildman–Crippen MR) is 83.1 cm³/mol. The molecule has 0 amide bonds. The van der Waals surface area contributed by atoms with Crippen molar-refractivity contribution >= 4 is 21.7 Å². The van der Waals surface area contributed by atoms with Crippen molar-refractivity contribution < 1.29 is 4.79 Å². The van der Waals surface area contributed by atoms with Crippen molar-refractivity contribution in [2.24, 2.45) is 11.3 Å². The maximum absolute atomic E-state index is 12.2. The van der Waals surface area contributed by atoms with E-state index in [1.807, 2.05) is 12.1 Å². The van der Waals surface area contributed by atoms with Crippen molar-refractivity contribution in [3.63, 3.8) is 0 Å². The van der Waals surface area contributed by atoms with Crippen LogP contribution >= 0.6 is 15.9 Å². The molecule has 1 saturated carbocycles. The van der Waals surface area contributed by atoms with Gasteiger partial charge in [-0.1, -0.05) is 47.1 Å². The van der Waals surface area contributed by atoms with Gasteiger partial charge < -0.3 is 0 Å². The largest absolute Gasteiger partial charge is 0.299 e. The fraction of sp³-hybridized carbons (Fsp3) is 0.471. The highest BCUT2D eigenvalue weighted by atomic mass is 79.9. The lowest BCUT2D eigenvalue weighted by Crippen LogP contribution is -2.36. The lowest BCUT2D eigenvalue weighted by molar-refractivity contribution is -0.128. The molecule has 0 aromatic heterocycles. The molecule has 1 aliphatic carbocycles. The van der Waals surface area contributed by atoms with Gasteiger partial charge in [-0.2, -0.15) is 0 Å². The summed E-state index contributed by atoms with van der Waals surface area (Å²) in [7, 11) is 0. The van der Waals surface area contributed by atoms with Crippen molar-refractivity contribution in [3.05, 3.63) is 47.0 Å². The Balaban J connectivity index is 2.10. The Labute approximate surface area is 124 Å². The molecule has 0 bridgehead atoms. The number of hydrogen-bond acceptors (Lipinski definition) is 1. The van der Waals surface area contributed by atoms with Crippen molar-refractivity contribution in [3.8, 4) is 0 Å². The summed E-state index contributed by atoms with van der Waals surface area (Å²) in [6.07, 6.45) is 6.69. The summed E-state index contributed by atoms with van der Waals surface area (Å²) >= 11 is 3.58. The normalized spacial score (nSPS) is 27.3.